The smallest absolute Gasteiger partial charge is 0.338 e. The van der Waals surface area contributed by atoms with Crippen LogP contribution in [0.3, 0.4) is 0 Å². The van der Waals surface area contributed by atoms with Gasteiger partial charge in [-0.05, 0) is 24.3 Å². The zero-order valence-corrected chi connectivity index (χ0v) is 21.6. The molecule has 0 fully saturated rings. The molecule has 0 spiro atoms. The van der Waals surface area contributed by atoms with Crippen molar-refractivity contribution in [2.75, 3.05) is 79.3 Å². The fourth-order valence-corrected chi connectivity index (χ4v) is 3.19. The van der Waals surface area contributed by atoms with Crippen molar-refractivity contribution in [2.45, 2.75) is 0 Å². The van der Waals surface area contributed by atoms with E-state index < -0.39 is 11.8 Å². The number of aromatic nitrogens is 2. The van der Waals surface area contributed by atoms with Gasteiger partial charge in [0.15, 0.2) is 0 Å². The quantitative estimate of drug-likeness (QED) is 0.165. The minimum Gasteiger partial charge on any atom is -0.460 e. The molecule has 3 rings (SSSR count). The number of benzene rings is 2. The van der Waals surface area contributed by atoms with Gasteiger partial charge in [-0.25, -0.2) is 9.18 Å². The molecule has 3 aromatic rings. The average Bonchev–Trinajstić information content (AvgIpc) is 3.45. The van der Waals surface area contributed by atoms with E-state index in [0.29, 0.717) is 70.6 Å². The van der Waals surface area contributed by atoms with Gasteiger partial charge in [0, 0.05) is 5.56 Å². The van der Waals surface area contributed by atoms with E-state index in [1.807, 2.05) is 0 Å². The molecule has 0 aliphatic rings. The predicted octanol–water partition coefficient (Wildman–Crippen LogP) is 2.77. The highest BCUT2D eigenvalue weighted by Gasteiger charge is 2.15. The highest BCUT2D eigenvalue weighted by Crippen LogP contribution is 2.24. The topological polar surface area (TPSA) is 132 Å². The number of rotatable bonds is 20. The number of carbonyl (C=O) groups excluding carboxylic acids is 1. The van der Waals surface area contributed by atoms with Crippen LogP contribution in [-0.4, -0.2) is 100 Å². The van der Waals surface area contributed by atoms with Gasteiger partial charge in [0.2, 0.25) is 5.82 Å². The van der Waals surface area contributed by atoms with Crippen molar-refractivity contribution in [1.82, 2.24) is 10.1 Å². The third-order valence-electron chi connectivity index (χ3n) is 5.07. The summed E-state index contributed by atoms with van der Waals surface area (Å²) in [7, 11) is 0. The Balaban J connectivity index is 1.23. The van der Waals surface area contributed by atoms with Crippen molar-refractivity contribution in [2.24, 2.45) is 0 Å². The number of ether oxygens (including phenoxy) is 6. The van der Waals surface area contributed by atoms with Crippen LogP contribution in [0.2, 0.25) is 0 Å². The van der Waals surface area contributed by atoms with Crippen molar-refractivity contribution in [3.05, 3.63) is 59.9 Å². The molecule has 0 aliphatic carbocycles. The first-order valence-electron chi connectivity index (χ1n) is 12.5. The molecule has 1 N–H and O–H groups in total. The molecule has 0 atom stereocenters. The Morgan fingerprint density at radius 1 is 0.769 bits per heavy atom. The molecular weight excluding hydrogens is 515 g/mol. The number of aliphatic hydroxyl groups is 1. The van der Waals surface area contributed by atoms with Gasteiger partial charge in [-0.3, -0.25) is 0 Å². The van der Waals surface area contributed by atoms with Gasteiger partial charge in [0.25, 0.3) is 5.89 Å². The van der Waals surface area contributed by atoms with Crippen LogP contribution in [0.4, 0.5) is 4.39 Å². The molecule has 1 aromatic heterocycles. The van der Waals surface area contributed by atoms with Gasteiger partial charge in [-0.1, -0.05) is 29.4 Å². The summed E-state index contributed by atoms with van der Waals surface area (Å²) in [6, 6.07) is 12.7. The molecule has 212 valence electrons. The Kier molecular flexibility index (Phi) is 14.1. The van der Waals surface area contributed by atoms with Crippen LogP contribution >= 0.6 is 0 Å². The fraction of sp³-hybridized carbons (Fsp3) is 0.444. The Morgan fingerprint density at radius 2 is 1.36 bits per heavy atom. The van der Waals surface area contributed by atoms with E-state index in [1.165, 1.54) is 6.07 Å². The zero-order valence-electron chi connectivity index (χ0n) is 21.6. The van der Waals surface area contributed by atoms with Crippen LogP contribution < -0.4 is 0 Å². The maximum atomic E-state index is 14.0. The summed E-state index contributed by atoms with van der Waals surface area (Å²) in [4.78, 5) is 16.6. The highest BCUT2D eigenvalue weighted by atomic mass is 19.1. The molecule has 12 heteroatoms. The van der Waals surface area contributed by atoms with Crippen molar-refractivity contribution < 1.29 is 47.2 Å². The molecule has 0 aliphatic heterocycles. The molecule has 2 aromatic carbocycles. The molecule has 39 heavy (non-hydrogen) atoms. The first kappa shape index (κ1) is 30.3. The van der Waals surface area contributed by atoms with Gasteiger partial charge in [0.05, 0.1) is 83.8 Å². The minimum absolute atomic E-state index is 0.00405. The van der Waals surface area contributed by atoms with Crippen molar-refractivity contribution in [3.63, 3.8) is 0 Å². The monoisotopic (exact) mass is 548 g/mol. The number of hydrogen-bond acceptors (Lipinski definition) is 11. The second-order valence-corrected chi connectivity index (χ2v) is 7.91. The lowest BCUT2D eigenvalue weighted by atomic mass is 10.1. The van der Waals surface area contributed by atoms with Gasteiger partial charge in [0.1, 0.15) is 12.4 Å². The predicted molar refractivity (Wildman–Crippen MR) is 137 cm³/mol. The highest BCUT2D eigenvalue weighted by molar-refractivity contribution is 5.90. The van der Waals surface area contributed by atoms with E-state index in [2.05, 4.69) is 10.1 Å². The zero-order chi connectivity index (χ0) is 27.5. The number of aliphatic hydroxyl groups excluding tert-OH is 1. The van der Waals surface area contributed by atoms with E-state index in [-0.39, 0.29) is 37.1 Å². The Hall–Kier alpha value is -3.26. The second kappa shape index (κ2) is 18.1. The van der Waals surface area contributed by atoms with Gasteiger partial charge < -0.3 is 38.1 Å². The van der Waals surface area contributed by atoms with Gasteiger partial charge in [-0.2, -0.15) is 4.98 Å². The summed E-state index contributed by atoms with van der Waals surface area (Å²) in [5, 5.41) is 12.5. The van der Waals surface area contributed by atoms with E-state index in [9.17, 15) is 9.18 Å². The van der Waals surface area contributed by atoms with Crippen LogP contribution in [-0.2, 0) is 28.4 Å². The summed E-state index contributed by atoms with van der Waals surface area (Å²) in [6.45, 7) is 4.04. The first-order chi connectivity index (χ1) is 19.2. The van der Waals surface area contributed by atoms with Crippen LogP contribution in [0.1, 0.15) is 10.4 Å². The summed E-state index contributed by atoms with van der Waals surface area (Å²) in [6.07, 6.45) is 0. The maximum Gasteiger partial charge on any atom is 0.338 e. The van der Waals surface area contributed by atoms with Crippen molar-refractivity contribution >= 4 is 5.97 Å². The summed E-state index contributed by atoms with van der Waals surface area (Å²) >= 11 is 0. The molecular formula is C27H33FN2O9. The van der Waals surface area contributed by atoms with Crippen LogP contribution in [0, 0.1) is 5.82 Å². The summed E-state index contributed by atoms with van der Waals surface area (Å²) in [5.74, 6) is -0.713. The summed E-state index contributed by atoms with van der Waals surface area (Å²) in [5.41, 5.74) is 1.04. The van der Waals surface area contributed by atoms with Crippen molar-refractivity contribution in [1.29, 1.82) is 0 Å². The van der Waals surface area contributed by atoms with E-state index in [4.69, 9.17) is 38.1 Å². The lowest BCUT2D eigenvalue weighted by Gasteiger charge is -2.08. The SMILES string of the molecule is O=C(OCCOCCOCCOCCOCCOCCO)c1cccc(-c2noc(-c3ccccc3F)n2)c1. The fourth-order valence-electron chi connectivity index (χ4n) is 3.19. The number of hydrogen-bond donors (Lipinski definition) is 1. The van der Waals surface area contributed by atoms with Gasteiger partial charge in [-0.15, -0.1) is 0 Å². The molecule has 0 bridgehead atoms. The van der Waals surface area contributed by atoms with E-state index >= 15 is 0 Å². The van der Waals surface area contributed by atoms with Crippen LogP contribution in [0.15, 0.2) is 53.1 Å². The summed E-state index contributed by atoms with van der Waals surface area (Å²) < 4.78 is 51.0. The largest absolute Gasteiger partial charge is 0.460 e. The number of carbonyl (C=O) groups is 1. The lowest BCUT2D eigenvalue weighted by molar-refractivity contribution is -0.0167. The third-order valence-corrected chi connectivity index (χ3v) is 5.07. The number of nitrogens with zero attached hydrogens (tertiary/aromatic N) is 2. The Morgan fingerprint density at radius 3 is 1.97 bits per heavy atom. The Bertz CT molecular complexity index is 1110. The lowest BCUT2D eigenvalue weighted by Crippen LogP contribution is -2.15. The minimum atomic E-state index is -0.520. The van der Waals surface area contributed by atoms with E-state index in [0.717, 1.165) is 0 Å². The molecule has 0 unspecified atom stereocenters. The van der Waals surface area contributed by atoms with Crippen LogP contribution in [0.25, 0.3) is 22.8 Å². The van der Waals surface area contributed by atoms with Crippen molar-refractivity contribution in [3.8, 4) is 22.8 Å². The number of esters is 1. The second-order valence-electron chi connectivity index (χ2n) is 7.91. The molecule has 0 amide bonds. The molecule has 11 nitrogen and oxygen atoms in total. The molecule has 0 radical (unpaired) electrons. The normalized spacial score (nSPS) is 11.1. The van der Waals surface area contributed by atoms with Crippen LogP contribution in [0.5, 0.6) is 0 Å². The third kappa shape index (κ3) is 11.2. The molecule has 0 saturated carbocycles. The van der Waals surface area contributed by atoms with Gasteiger partial charge >= 0.3 is 5.97 Å². The molecule has 1 heterocycles. The number of halogens is 1. The average molecular weight is 549 g/mol. The standard InChI is InChI=1S/C27H33FN2O9/c28-24-7-2-1-6-23(24)26-29-25(30-39-26)21-4-3-5-22(20-21)27(32)38-19-18-37-17-16-36-15-14-35-13-12-34-11-10-33-9-8-31/h1-7,20,31H,8-19H2. The molecule has 0 saturated heterocycles. The maximum absolute atomic E-state index is 14.0. The first-order valence-corrected chi connectivity index (χ1v) is 12.5. The Labute approximate surface area is 225 Å². The van der Waals surface area contributed by atoms with E-state index in [1.54, 1.807) is 42.5 Å².